The third-order valence-electron chi connectivity index (χ3n) is 3.19. The van der Waals surface area contributed by atoms with E-state index in [-0.39, 0.29) is 5.56 Å². The number of methoxy groups -OCH3 is 2. The van der Waals surface area contributed by atoms with Gasteiger partial charge in [0.15, 0.2) is 0 Å². The molecule has 0 spiro atoms. The molecule has 1 N–H and O–H groups in total. The summed E-state index contributed by atoms with van der Waals surface area (Å²) in [5.41, 5.74) is 2.66. The number of benzene rings is 1. The summed E-state index contributed by atoms with van der Waals surface area (Å²) >= 11 is 0. The SMILES string of the molecule is COc1cccc(OC)c1-c1n[nH]c(=O)c(C)c1C. The van der Waals surface area contributed by atoms with Gasteiger partial charge >= 0.3 is 0 Å². The van der Waals surface area contributed by atoms with Gasteiger partial charge in [0.1, 0.15) is 17.2 Å². The van der Waals surface area contributed by atoms with Crippen LogP contribution in [0.1, 0.15) is 11.1 Å². The van der Waals surface area contributed by atoms with E-state index in [1.807, 2.05) is 25.1 Å². The Kier molecular flexibility index (Phi) is 3.55. The minimum atomic E-state index is -0.185. The van der Waals surface area contributed by atoms with Crippen LogP contribution in [0.2, 0.25) is 0 Å². The number of aromatic amines is 1. The summed E-state index contributed by atoms with van der Waals surface area (Å²) in [7, 11) is 3.18. The van der Waals surface area contributed by atoms with Crippen molar-refractivity contribution in [2.75, 3.05) is 14.2 Å². The van der Waals surface area contributed by atoms with Crippen LogP contribution in [0.4, 0.5) is 0 Å². The molecule has 2 aromatic rings. The molecule has 0 aliphatic carbocycles. The normalized spacial score (nSPS) is 10.3. The fourth-order valence-electron chi connectivity index (χ4n) is 1.95. The molecule has 1 aromatic heterocycles. The molecule has 0 atom stereocenters. The van der Waals surface area contributed by atoms with E-state index < -0.39 is 0 Å². The van der Waals surface area contributed by atoms with Gasteiger partial charge in [-0.3, -0.25) is 4.79 Å². The standard InChI is InChI=1S/C14H16N2O3/c1-8-9(2)14(17)16-15-13(8)12-10(18-3)6-5-7-11(12)19-4/h5-7H,1-4H3,(H,16,17). The maximum absolute atomic E-state index is 11.6. The van der Waals surface area contributed by atoms with Crippen molar-refractivity contribution in [3.8, 4) is 22.8 Å². The average molecular weight is 260 g/mol. The van der Waals surface area contributed by atoms with Crippen LogP contribution in [0.5, 0.6) is 11.5 Å². The van der Waals surface area contributed by atoms with Gasteiger partial charge in [-0.05, 0) is 31.5 Å². The summed E-state index contributed by atoms with van der Waals surface area (Å²) in [6, 6.07) is 5.51. The lowest BCUT2D eigenvalue weighted by Crippen LogP contribution is -2.14. The van der Waals surface area contributed by atoms with Crippen LogP contribution < -0.4 is 15.0 Å². The van der Waals surface area contributed by atoms with Gasteiger partial charge < -0.3 is 9.47 Å². The topological polar surface area (TPSA) is 64.2 Å². The van der Waals surface area contributed by atoms with E-state index in [1.54, 1.807) is 21.1 Å². The first kappa shape index (κ1) is 13.1. The number of ether oxygens (including phenoxy) is 2. The maximum Gasteiger partial charge on any atom is 0.267 e. The Bertz CT molecular complexity index is 640. The molecule has 100 valence electrons. The Balaban J connectivity index is 2.78. The molecule has 0 aliphatic heterocycles. The average Bonchev–Trinajstić information content (AvgIpc) is 2.44. The van der Waals surface area contributed by atoms with E-state index in [2.05, 4.69) is 10.2 Å². The first-order valence-corrected chi connectivity index (χ1v) is 5.87. The summed E-state index contributed by atoms with van der Waals surface area (Å²) in [6.45, 7) is 3.63. The molecule has 5 heteroatoms. The van der Waals surface area contributed by atoms with E-state index in [9.17, 15) is 4.79 Å². The van der Waals surface area contributed by atoms with E-state index in [1.165, 1.54) is 0 Å². The van der Waals surface area contributed by atoms with Gasteiger partial charge in [0, 0.05) is 5.56 Å². The smallest absolute Gasteiger partial charge is 0.267 e. The molecule has 0 unspecified atom stereocenters. The van der Waals surface area contributed by atoms with Gasteiger partial charge in [-0.15, -0.1) is 0 Å². The van der Waals surface area contributed by atoms with Gasteiger partial charge in [0.05, 0.1) is 19.8 Å². The number of aromatic nitrogens is 2. The molecule has 1 heterocycles. The van der Waals surface area contributed by atoms with Crippen molar-refractivity contribution >= 4 is 0 Å². The zero-order valence-corrected chi connectivity index (χ0v) is 11.4. The molecule has 1 aromatic carbocycles. The van der Waals surface area contributed by atoms with Gasteiger partial charge in [0.2, 0.25) is 0 Å². The van der Waals surface area contributed by atoms with E-state index in [4.69, 9.17) is 9.47 Å². The number of nitrogens with zero attached hydrogens (tertiary/aromatic N) is 1. The fraction of sp³-hybridized carbons (Fsp3) is 0.286. The van der Waals surface area contributed by atoms with Crippen molar-refractivity contribution in [3.63, 3.8) is 0 Å². The Hall–Kier alpha value is -2.30. The third-order valence-corrected chi connectivity index (χ3v) is 3.19. The highest BCUT2D eigenvalue weighted by atomic mass is 16.5. The number of nitrogens with one attached hydrogen (secondary N) is 1. The molecule has 0 saturated carbocycles. The Morgan fingerprint density at radius 2 is 1.63 bits per heavy atom. The minimum Gasteiger partial charge on any atom is -0.496 e. The van der Waals surface area contributed by atoms with Gasteiger partial charge in [0.25, 0.3) is 5.56 Å². The Morgan fingerprint density at radius 1 is 1.05 bits per heavy atom. The van der Waals surface area contributed by atoms with Crippen molar-refractivity contribution in [3.05, 3.63) is 39.7 Å². The quantitative estimate of drug-likeness (QED) is 0.917. The summed E-state index contributed by atoms with van der Waals surface area (Å²) < 4.78 is 10.7. The van der Waals surface area contributed by atoms with Crippen molar-refractivity contribution in [1.29, 1.82) is 0 Å². The molecular formula is C14H16N2O3. The fourth-order valence-corrected chi connectivity index (χ4v) is 1.95. The Morgan fingerprint density at radius 3 is 2.16 bits per heavy atom. The summed E-state index contributed by atoms with van der Waals surface area (Å²) in [5, 5.41) is 6.62. The minimum absolute atomic E-state index is 0.185. The van der Waals surface area contributed by atoms with Crippen LogP contribution in [0.15, 0.2) is 23.0 Å². The number of hydrogen-bond donors (Lipinski definition) is 1. The van der Waals surface area contributed by atoms with Crippen LogP contribution in [0.25, 0.3) is 11.3 Å². The van der Waals surface area contributed by atoms with Crippen molar-refractivity contribution in [2.45, 2.75) is 13.8 Å². The molecule has 0 bridgehead atoms. The third kappa shape index (κ3) is 2.19. The van der Waals surface area contributed by atoms with Crippen molar-refractivity contribution < 1.29 is 9.47 Å². The summed E-state index contributed by atoms with van der Waals surface area (Å²) in [5.74, 6) is 1.31. The van der Waals surface area contributed by atoms with E-state index in [0.29, 0.717) is 22.8 Å². The lowest BCUT2D eigenvalue weighted by atomic mass is 10.0. The van der Waals surface area contributed by atoms with Crippen LogP contribution >= 0.6 is 0 Å². The largest absolute Gasteiger partial charge is 0.496 e. The van der Waals surface area contributed by atoms with Crippen molar-refractivity contribution in [2.24, 2.45) is 0 Å². The van der Waals surface area contributed by atoms with Crippen molar-refractivity contribution in [1.82, 2.24) is 10.2 Å². The molecule has 2 rings (SSSR count). The van der Waals surface area contributed by atoms with Crippen LogP contribution in [0.3, 0.4) is 0 Å². The monoisotopic (exact) mass is 260 g/mol. The van der Waals surface area contributed by atoms with Gasteiger partial charge in [-0.25, -0.2) is 5.10 Å². The molecular weight excluding hydrogens is 244 g/mol. The molecule has 0 saturated heterocycles. The second kappa shape index (κ2) is 5.14. The highest BCUT2D eigenvalue weighted by Gasteiger charge is 2.17. The molecule has 19 heavy (non-hydrogen) atoms. The maximum atomic E-state index is 11.6. The zero-order chi connectivity index (χ0) is 14.0. The number of rotatable bonds is 3. The van der Waals surface area contributed by atoms with Gasteiger partial charge in [-0.2, -0.15) is 5.10 Å². The second-order valence-electron chi connectivity index (χ2n) is 4.19. The van der Waals surface area contributed by atoms with Crippen LogP contribution in [-0.4, -0.2) is 24.4 Å². The summed E-state index contributed by atoms with van der Waals surface area (Å²) in [6.07, 6.45) is 0. The molecule has 0 aliphatic rings. The predicted octanol–water partition coefficient (Wildman–Crippen LogP) is 2.07. The number of H-pyrrole nitrogens is 1. The second-order valence-corrected chi connectivity index (χ2v) is 4.19. The first-order chi connectivity index (χ1) is 9.10. The molecule has 5 nitrogen and oxygen atoms in total. The lowest BCUT2D eigenvalue weighted by Gasteiger charge is -2.14. The first-order valence-electron chi connectivity index (χ1n) is 5.87. The highest BCUT2D eigenvalue weighted by molar-refractivity contribution is 5.76. The summed E-state index contributed by atoms with van der Waals surface area (Å²) in [4.78, 5) is 11.6. The lowest BCUT2D eigenvalue weighted by molar-refractivity contribution is 0.397. The highest BCUT2D eigenvalue weighted by Crippen LogP contribution is 2.38. The zero-order valence-electron chi connectivity index (χ0n) is 11.4. The van der Waals surface area contributed by atoms with E-state index >= 15 is 0 Å². The molecule has 0 fully saturated rings. The predicted molar refractivity (Wildman–Crippen MR) is 72.9 cm³/mol. The number of hydrogen-bond acceptors (Lipinski definition) is 4. The Labute approximate surface area is 111 Å². The van der Waals surface area contributed by atoms with Gasteiger partial charge in [-0.1, -0.05) is 6.07 Å². The molecule has 0 amide bonds. The van der Waals surface area contributed by atoms with E-state index in [0.717, 1.165) is 11.1 Å². The molecule has 0 radical (unpaired) electrons. The van der Waals surface area contributed by atoms with Crippen LogP contribution in [0, 0.1) is 13.8 Å². The van der Waals surface area contributed by atoms with Crippen LogP contribution in [-0.2, 0) is 0 Å².